The van der Waals surface area contributed by atoms with Gasteiger partial charge in [-0.25, -0.2) is 4.98 Å². The summed E-state index contributed by atoms with van der Waals surface area (Å²) in [5.74, 6) is 1.49. The minimum Gasteiger partial charge on any atom is -0.384 e. The predicted molar refractivity (Wildman–Crippen MR) is 70.1 cm³/mol. The van der Waals surface area contributed by atoms with Crippen LogP contribution in [0.4, 0.5) is 11.6 Å². The Balaban J connectivity index is 2.27. The molecule has 4 heteroatoms. The fraction of sp³-hybridized carbons (Fsp3) is 0.615. The number of morpholine rings is 1. The molecule has 4 nitrogen and oxygen atoms in total. The summed E-state index contributed by atoms with van der Waals surface area (Å²) < 4.78 is 6.04. The van der Waals surface area contributed by atoms with Crippen LogP contribution in [-0.2, 0) is 4.74 Å². The normalized spacial score (nSPS) is 22.5. The van der Waals surface area contributed by atoms with Crippen LogP contribution in [0.2, 0.25) is 0 Å². The highest BCUT2D eigenvalue weighted by Gasteiger charge is 2.38. The first-order chi connectivity index (χ1) is 7.77. The van der Waals surface area contributed by atoms with Crippen molar-refractivity contribution in [3.63, 3.8) is 0 Å². The molecule has 17 heavy (non-hydrogen) atoms. The molecule has 0 spiro atoms. The molecular weight excluding hydrogens is 214 g/mol. The smallest absolute Gasteiger partial charge is 0.131 e. The zero-order chi connectivity index (χ0) is 12.7. The molecule has 0 aromatic carbocycles. The van der Waals surface area contributed by atoms with E-state index in [1.54, 1.807) is 6.07 Å². The first-order valence-corrected chi connectivity index (χ1v) is 5.95. The molecule has 94 valence electrons. The quantitative estimate of drug-likeness (QED) is 0.809. The SMILES string of the molecule is CC1(C)CN(c2cccc(N)n2)CC(C)(C)O1. The number of nitrogens with two attached hydrogens (primary N) is 1. The summed E-state index contributed by atoms with van der Waals surface area (Å²) in [7, 11) is 0. The van der Waals surface area contributed by atoms with Gasteiger partial charge in [-0.05, 0) is 39.8 Å². The molecule has 1 saturated heterocycles. The van der Waals surface area contributed by atoms with Crippen molar-refractivity contribution >= 4 is 11.6 Å². The molecule has 0 unspecified atom stereocenters. The van der Waals surface area contributed by atoms with Gasteiger partial charge in [0.25, 0.3) is 0 Å². The molecule has 1 fully saturated rings. The van der Waals surface area contributed by atoms with Gasteiger partial charge in [-0.3, -0.25) is 0 Å². The Morgan fingerprint density at radius 1 is 1.18 bits per heavy atom. The van der Waals surface area contributed by atoms with Crippen molar-refractivity contribution in [3.05, 3.63) is 18.2 Å². The van der Waals surface area contributed by atoms with E-state index < -0.39 is 0 Å². The molecule has 0 atom stereocenters. The Morgan fingerprint density at radius 3 is 2.29 bits per heavy atom. The van der Waals surface area contributed by atoms with Gasteiger partial charge in [0, 0.05) is 13.1 Å². The van der Waals surface area contributed by atoms with Crippen LogP contribution in [0.3, 0.4) is 0 Å². The predicted octanol–water partition coefficient (Wildman–Crippen LogP) is 2.06. The summed E-state index contributed by atoms with van der Waals surface area (Å²) in [6.07, 6.45) is 0. The van der Waals surface area contributed by atoms with E-state index in [-0.39, 0.29) is 11.2 Å². The van der Waals surface area contributed by atoms with Gasteiger partial charge in [0.2, 0.25) is 0 Å². The van der Waals surface area contributed by atoms with Crippen LogP contribution in [0.25, 0.3) is 0 Å². The molecule has 2 rings (SSSR count). The standard InChI is InChI=1S/C13H21N3O/c1-12(2)8-16(9-13(3,4)17-12)11-7-5-6-10(14)15-11/h5-7H,8-9H2,1-4H3,(H2,14,15). The van der Waals surface area contributed by atoms with Crippen molar-refractivity contribution in [1.82, 2.24) is 4.98 Å². The van der Waals surface area contributed by atoms with Gasteiger partial charge < -0.3 is 15.4 Å². The second-order valence-electron chi connectivity index (χ2n) is 5.90. The Labute approximate surface area is 103 Å². The Morgan fingerprint density at radius 2 is 1.76 bits per heavy atom. The monoisotopic (exact) mass is 235 g/mol. The first kappa shape index (κ1) is 12.2. The van der Waals surface area contributed by atoms with Crippen molar-refractivity contribution in [2.45, 2.75) is 38.9 Å². The second kappa shape index (κ2) is 3.88. The van der Waals surface area contributed by atoms with Crippen molar-refractivity contribution in [2.24, 2.45) is 0 Å². The molecule has 2 N–H and O–H groups in total. The van der Waals surface area contributed by atoms with E-state index in [9.17, 15) is 0 Å². The largest absolute Gasteiger partial charge is 0.384 e. The van der Waals surface area contributed by atoms with E-state index >= 15 is 0 Å². The lowest BCUT2D eigenvalue weighted by atomic mass is 9.99. The average molecular weight is 235 g/mol. The molecule has 2 heterocycles. The molecule has 1 aromatic heterocycles. The number of ether oxygens (including phenoxy) is 1. The fourth-order valence-electron chi connectivity index (χ4n) is 2.57. The lowest BCUT2D eigenvalue weighted by Gasteiger charge is -2.47. The average Bonchev–Trinajstić information content (AvgIpc) is 2.12. The summed E-state index contributed by atoms with van der Waals surface area (Å²) in [6, 6.07) is 5.74. The van der Waals surface area contributed by atoms with Crippen LogP contribution in [0.15, 0.2) is 18.2 Å². The van der Waals surface area contributed by atoms with Gasteiger partial charge in [0.05, 0.1) is 11.2 Å². The third-order valence-corrected chi connectivity index (χ3v) is 2.78. The maximum Gasteiger partial charge on any atom is 0.131 e. The van der Waals surface area contributed by atoms with Gasteiger partial charge in [-0.2, -0.15) is 0 Å². The number of nitrogens with zero attached hydrogens (tertiary/aromatic N) is 2. The maximum absolute atomic E-state index is 6.04. The molecule has 0 radical (unpaired) electrons. The molecule has 0 aliphatic carbocycles. The third kappa shape index (κ3) is 2.88. The highest BCUT2D eigenvalue weighted by atomic mass is 16.5. The van der Waals surface area contributed by atoms with Crippen molar-refractivity contribution < 1.29 is 4.74 Å². The number of hydrogen-bond donors (Lipinski definition) is 1. The van der Waals surface area contributed by atoms with Crippen LogP contribution >= 0.6 is 0 Å². The van der Waals surface area contributed by atoms with Crippen LogP contribution in [0.5, 0.6) is 0 Å². The number of pyridine rings is 1. The minimum absolute atomic E-state index is 0.173. The van der Waals surface area contributed by atoms with E-state index in [0.717, 1.165) is 18.9 Å². The summed E-state index contributed by atoms with van der Waals surface area (Å²) in [6.45, 7) is 10.1. The van der Waals surface area contributed by atoms with E-state index in [1.165, 1.54) is 0 Å². The first-order valence-electron chi connectivity index (χ1n) is 5.95. The summed E-state index contributed by atoms with van der Waals surface area (Å²) >= 11 is 0. The van der Waals surface area contributed by atoms with Gasteiger partial charge in [0.15, 0.2) is 0 Å². The second-order valence-corrected chi connectivity index (χ2v) is 5.90. The van der Waals surface area contributed by atoms with Crippen molar-refractivity contribution in [2.75, 3.05) is 23.7 Å². The van der Waals surface area contributed by atoms with Gasteiger partial charge in [-0.15, -0.1) is 0 Å². The Kier molecular flexibility index (Phi) is 2.78. The minimum atomic E-state index is -0.173. The summed E-state index contributed by atoms with van der Waals surface area (Å²) in [4.78, 5) is 6.61. The molecule has 0 amide bonds. The fourth-order valence-corrected chi connectivity index (χ4v) is 2.57. The molecule has 1 aliphatic heterocycles. The van der Waals surface area contributed by atoms with E-state index in [0.29, 0.717) is 5.82 Å². The Bertz CT molecular complexity index is 399. The number of anilines is 2. The highest BCUT2D eigenvalue weighted by molar-refractivity contribution is 5.46. The molecule has 0 saturated carbocycles. The van der Waals surface area contributed by atoms with E-state index in [1.807, 2.05) is 12.1 Å². The molecule has 1 aromatic rings. The molecule has 1 aliphatic rings. The highest BCUT2D eigenvalue weighted by Crippen LogP contribution is 2.30. The van der Waals surface area contributed by atoms with E-state index in [2.05, 4.69) is 37.6 Å². The number of rotatable bonds is 1. The zero-order valence-corrected chi connectivity index (χ0v) is 11.0. The van der Waals surface area contributed by atoms with E-state index in [4.69, 9.17) is 10.5 Å². The molecular formula is C13H21N3O. The number of aromatic nitrogens is 1. The topological polar surface area (TPSA) is 51.4 Å². The van der Waals surface area contributed by atoms with Gasteiger partial charge >= 0.3 is 0 Å². The van der Waals surface area contributed by atoms with Crippen molar-refractivity contribution in [1.29, 1.82) is 0 Å². The van der Waals surface area contributed by atoms with Crippen LogP contribution in [0.1, 0.15) is 27.7 Å². The lowest BCUT2D eigenvalue weighted by Crippen LogP contribution is -2.57. The Hall–Kier alpha value is -1.29. The lowest BCUT2D eigenvalue weighted by molar-refractivity contribution is -0.133. The number of hydrogen-bond acceptors (Lipinski definition) is 4. The maximum atomic E-state index is 6.04. The van der Waals surface area contributed by atoms with Gasteiger partial charge in [0.1, 0.15) is 11.6 Å². The molecule has 0 bridgehead atoms. The summed E-state index contributed by atoms with van der Waals surface area (Å²) in [5.41, 5.74) is 5.39. The van der Waals surface area contributed by atoms with Gasteiger partial charge in [-0.1, -0.05) is 6.07 Å². The van der Waals surface area contributed by atoms with Crippen LogP contribution in [-0.4, -0.2) is 29.3 Å². The van der Waals surface area contributed by atoms with Crippen LogP contribution in [0, 0.1) is 0 Å². The van der Waals surface area contributed by atoms with Crippen LogP contribution < -0.4 is 10.6 Å². The zero-order valence-electron chi connectivity index (χ0n) is 11.0. The van der Waals surface area contributed by atoms with Crippen molar-refractivity contribution in [3.8, 4) is 0 Å². The summed E-state index contributed by atoms with van der Waals surface area (Å²) in [5, 5.41) is 0. The number of nitrogen functional groups attached to an aromatic ring is 1. The third-order valence-electron chi connectivity index (χ3n) is 2.78.